The zero-order chi connectivity index (χ0) is 14.5. The van der Waals surface area contributed by atoms with Crippen LogP contribution in [0.2, 0.25) is 5.02 Å². The molecule has 20 heavy (non-hydrogen) atoms. The molecule has 2 aromatic carbocycles. The van der Waals surface area contributed by atoms with E-state index >= 15 is 0 Å². The van der Waals surface area contributed by atoms with Gasteiger partial charge in [0, 0.05) is 16.3 Å². The first-order valence-corrected chi connectivity index (χ1v) is 6.65. The Hall–Kier alpha value is -2.00. The molecule has 0 aliphatic rings. The molecule has 0 spiro atoms. The van der Waals surface area contributed by atoms with Gasteiger partial charge in [0.1, 0.15) is 5.75 Å². The molecule has 1 N–H and O–H groups in total. The molecule has 3 nitrogen and oxygen atoms in total. The Morgan fingerprint density at radius 1 is 1.25 bits per heavy atom. The van der Waals surface area contributed by atoms with Crippen molar-refractivity contribution in [2.24, 2.45) is 0 Å². The number of anilines is 1. The molecule has 1 amide bonds. The zero-order valence-corrected chi connectivity index (χ0v) is 12.2. The molecule has 104 valence electrons. The Kier molecular flexibility index (Phi) is 4.64. The van der Waals surface area contributed by atoms with Gasteiger partial charge >= 0.3 is 0 Å². The Morgan fingerprint density at radius 3 is 2.75 bits per heavy atom. The number of carbonyl (C=O) groups is 1. The van der Waals surface area contributed by atoms with E-state index in [1.165, 1.54) is 0 Å². The topological polar surface area (TPSA) is 38.3 Å². The van der Waals surface area contributed by atoms with E-state index in [0.29, 0.717) is 10.7 Å². The number of carbonyl (C=O) groups excluding carboxylic acids is 1. The molecule has 0 saturated heterocycles. The molecule has 0 radical (unpaired) electrons. The van der Waals surface area contributed by atoms with E-state index in [9.17, 15) is 4.79 Å². The second-order valence-electron chi connectivity index (χ2n) is 4.55. The number of ether oxygens (including phenoxy) is 1. The average Bonchev–Trinajstić information content (AvgIpc) is 2.38. The third-order valence-electron chi connectivity index (χ3n) is 2.90. The molecule has 4 heteroatoms. The molecule has 0 aromatic heterocycles. The van der Waals surface area contributed by atoms with Gasteiger partial charge < -0.3 is 10.1 Å². The fourth-order valence-electron chi connectivity index (χ4n) is 1.99. The minimum atomic E-state index is -0.101. The first kappa shape index (κ1) is 14.4. The van der Waals surface area contributed by atoms with Crippen LogP contribution in [0.3, 0.4) is 0 Å². The van der Waals surface area contributed by atoms with Crippen LogP contribution in [0.15, 0.2) is 42.5 Å². The largest absolute Gasteiger partial charge is 0.496 e. The smallest absolute Gasteiger partial charge is 0.228 e. The van der Waals surface area contributed by atoms with E-state index in [1.807, 2.05) is 25.1 Å². The molecule has 0 aliphatic heterocycles. The average molecular weight is 290 g/mol. The number of nitrogens with one attached hydrogen (secondary N) is 1. The minimum absolute atomic E-state index is 0.101. The van der Waals surface area contributed by atoms with Crippen molar-refractivity contribution in [3.63, 3.8) is 0 Å². The van der Waals surface area contributed by atoms with Crippen molar-refractivity contribution in [1.82, 2.24) is 0 Å². The van der Waals surface area contributed by atoms with Crippen LogP contribution in [0.25, 0.3) is 0 Å². The van der Waals surface area contributed by atoms with Gasteiger partial charge in [0.25, 0.3) is 0 Å². The fourth-order valence-corrected chi connectivity index (χ4v) is 2.18. The van der Waals surface area contributed by atoms with Crippen molar-refractivity contribution < 1.29 is 9.53 Å². The van der Waals surface area contributed by atoms with Gasteiger partial charge in [0.2, 0.25) is 5.91 Å². The lowest BCUT2D eigenvalue weighted by atomic mass is 10.1. The Labute approximate surface area is 123 Å². The van der Waals surface area contributed by atoms with Crippen LogP contribution in [-0.4, -0.2) is 13.0 Å². The van der Waals surface area contributed by atoms with Gasteiger partial charge in [0.15, 0.2) is 0 Å². The van der Waals surface area contributed by atoms with Gasteiger partial charge in [-0.05, 0) is 31.2 Å². The molecule has 2 rings (SSSR count). The van der Waals surface area contributed by atoms with Gasteiger partial charge in [-0.25, -0.2) is 0 Å². The standard InChI is InChI=1S/C16H16ClNO2/c1-11-6-7-15(20-2)12(8-11)9-16(19)18-14-5-3-4-13(17)10-14/h3-8,10H,9H2,1-2H3,(H,18,19). The summed E-state index contributed by atoms with van der Waals surface area (Å²) in [7, 11) is 1.60. The van der Waals surface area contributed by atoms with Crippen LogP contribution in [0.5, 0.6) is 5.75 Å². The number of halogens is 1. The summed E-state index contributed by atoms with van der Waals surface area (Å²) in [4.78, 5) is 12.1. The summed E-state index contributed by atoms with van der Waals surface area (Å²) in [5.74, 6) is 0.619. The van der Waals surface area contributed by atoms with Gasteiger partial charge in [-0.3, -0.25) is 4.79 Å². The first-order valence-electron chi connectivity index (χ1n) is 6.27. The van der Waals surface area contributed by atoms with Crippen molar-refractivity contribution in [3.8, 4) is 5.75 Å². The normalized spacial score (nSPS) is 10.2. The molecular formula is C16H16ClNO2. The predicted molar refractivity (Wildman–Crippen MR) is 81.5 cm³/mol. The number of rotatable bonds is 4. The maximum Gasteiger partial charge on any atom is 0.228 e. The van der Waals surface area contributed by atoms with Gasteiger partial charge in [0.05, 0.1) is 13.5 Å². The van der Waals surface area contributed by atoms with E-state index in [1.54, 1.807) is 31.4 Å². The van der Waals surface area contributed by atoms with Crippen LogP contribution in [0, 0.1) is 6.92 Å². The summed E-state index contributed by atoms with van der Waals surface area (Å²) < 4.78 is 5.27. The number of aryl methyl sites for hydroxylation is 1. The molecule has 0 unspecified atom stereocenters. The van der Waals surface area contributed by atoms with Gasteiger partial charge in [-0.2, -0.15) is 0 Å². The Morgan fingerprint density at radius 2 is 2.05 bits per heavy atom. The molecule has 0 fully saturated rings. The highest BCUT2D eigenvalue weighted by Crippen LogP contribution is 2.21. The summed E-state index contributed by atoms with van der Waals surface area (Å²) in [6, 6.07) is 12.9. The van der Waals surface area contributed by atoms with Crippen LogP contribution < -0.4 is 10.1 Å². The van der Waals surface area contributed by atoms with Crippen LogP contribution in [0.4, 0.5) is 5.69 Å². The van der Waals surface area contributed by atoms with Crippen molar-refractivity contribution in [3.05, 3.63) is 58.6 Å². The zero-order valence-electron chi connectivity index (χ0n) is 11.4. The van der Waals surface area contributed by atoms with Crippen molar-refractivity contribution in [2.75, 3.05) is 12.4 Å². The highest BCUT2D eigenvalue weighted by molar-refractivity contribution is 6.30. The molecule has 0 aliphatic carbocycles. The number of amides is 1. The number of hydrogen-bond acceptors (Lipinski definition) is 2. The lowest BCUT2D eigenvalue weighted by Gasteiger charge is -2.10. The van der Waals surface area contributed by atoms with Gasteiger partial charge in [-0.15, -0.1) is 0 Å². The minimum Gasteiger partial charge on any atom is -0.496 e. The van der Waals surface area contributed by atoms with Crippen molar-refractivity contribution >= 4 is 23.2 Å². The molecule has 0 saturated carbocycles. The Balaban J connectivity index is 2.10. The summed E-state index contributed by atoms with van der Waals surface area (Å²) in [6.45, 7) is 1.98. The highest BCUT2D eigenvalue weighted by Gasteiger charge is 2.09. The summed E-state index contributed by atoms with van der Waals surface area (Å²) >= 11 is 5.89. The SMILES string of the molecule is COc1ccc(C)cc1CC(=O)Nc1cccc(Cl)c1. The first-order chi connectivity index (χ1) is 9.58. The Bertz CT molecular complexity index is 626. The van der Waals surface area contributed by atoms with Crippen molar-refractivity contribution in [2.45, 2.75) is 13.3 Å². The number of benzene rings is 2. The summed E-state index contributed by atoms with van der Waals surface area (Å²) in [6.07, 6.45) is 0.261. The van der Waals surface area contributed by atoms with E-state index in [0.717, 1.165) is 16.9 Å². The third-order valence-corrected chi connectivity index (χ3v) is 3.13. The highest BCUT2D eigenvalue weighted by atomic mass is 35.5. The third kappa shape index (κ3) is 3.75. The quantitative estimate of drug-likeness (QED) is 0.929. The molecule has 0 bridgehead atoms. The number of methoxy groups -OCH3 is 1. The summed E-state index contributed by atoms with van der Waals surface area (Å²) in [5, 5.41) is 3.42. The second-order valence-corrected chi connectivity index (χ2v) is 4.99. The van der Waals surface area contributed by atoms with Gasteiger partial charge in [-0.1, -0.05) is 35.4 Å². The lowest BCUT2D eigenvalue weighted by Crippen LogP contribution is -2.15. The molecule has 0 atom stereocenters. The van der Waals surface area contributed by atoms with E-state index < -0.39 is 0 Å². The van der Waals surface area contributed by atoms with E-state index in [2.05, 4.69) is 5.32 Å². The van der Waals surface area contributed by atoms with Crippen LogP contribution in [-0.2, 0) is 11.2 Å². The number of hydrogen-bond donors (Lipinski definition) is 1. The fraction of sp³-hybridized carbons (Fsp3) is 0.188. The molecular weight excluding hydrogens is 274 g/mol. The van der Waals surface area contributed by atoms with Crippen LogP contribution in [0.1, 0.15) is 11.1 Å². The maximum atomic E-state index is 12.1. The molecule has 2 aromatic rings. The molecule has 0 heterocycles. The summed E-state index contributed by atoms with van der Waals surface area (Å²) in [5.41, 5.74) is 2.65. The second kappa shape index (κ2) is 6.44. The van der Waals surface area contributed by atoms with E-state index in [-0.39, 0.29) is 12.3 Å². The van der Waals surface area contributed by atoms with Crippen LogP contribution >= 0.6 is 11.6 Å². The van der Waals surface area contributed by atoms with Crippen molar-refractivity contribution in [1.29, 1.82) is 0 Å². The predicted octanol–water partition coefficient (Wildman–Crippen LogP) is 3.84. The lowest BCUT2D eigenvalue weighted by molar-refractivity contribution is -0.115. The maximum absolute atomic E-state index is 12.1. The van der Waals surface area contributed by atoms with E-state index in [4.69, 9.17) is 16.3 Å². The monoisotopic (exact) mass is 289 g/mol.